The molecule has 0 radical (unpaired) electrons. The Hall–Kier alpha value is -4.41. The molecular weight excluding hydrogens is 456 g/mol. The molecule has 0 unspecified atom stereocenters. The van der Waals surface area contributed by atoms with Gasteiger partial charge >= 0.3 is 0 Å². The number of rotatable bonds is 7. The van der Waals surface area contributed by atoms with Crippen molar-refractivity contribution in [3.63, 3.8) is 0 Å². The number of aromatic nitrogens is 2. The summed E-state index contributed by atoms with van der Waals surface area (Å²) in [4.78, 5) is 5.08. The highest BCUT2D eigenvalue weighted by molar-refractivity contribution is 7.92. The van der Waals surface area contributed by atoms with Gasteiger partial charge in [0.15, 0.2) is 0 Å². The number of nitriles is 1. The number of imidazole rings is 1. The van der Waals surface area contributed by atoms with Crippen molar-refractivity contribution in [2.45, 2.75) is 17.9 Å². The van der Waals surface area contributed by atoms with Crippen LogP contribution in [0.25, 0.3) is 11.0 Å². The van der Waals surface area contributed by atoms with Gasteiger partial charge in [-0.3, -0.25) is 4.72 Å². The lowest BCUT2D eigenvalue weighted by Gasteiger charge is -2.11. The molecule has 5 aromatic rings. The van der Waals surface area contributed by atoms with Crippen LogP contribution in [0.3, 0.4) is 0 Å². The summed E-state index contributed by atoms with van der Waals surface area (Å²) >= 11 is 0. The van der Waals surface area contributed by atoms with Crippen molar-refractivity contribution in [3.05, 3.63) is 126 Å². The molecule has 172 valence electrons. The van der Waals surface area contributed by atoms with Crippen LogP contribution in [-0.4, -0.2) is 18.0 Å². The van der Waals surface area contributed by atoms with Crippen LogP contribution in [0.2, 0.25) is 0 Å². The van der Waals surface area contributed by atoms with Crippen molar-refractivity contribution in [1.82, 2.24) is 9.55 Å². The van der Waals surface area contributed by atoms with E-state index < -0.39 is 10.0 Å². The molecule has 0 fully saturated rings. The fourth-order valence-corrected chi connectivity index (χ4v) is 5.08. The fourth-order valence-electron chi connectivity index (χ4n) is 4.01. The van der Waals surface area contributed by atoms with Gasteiger partial charge in [-0.2, -0.15) is 5.26 Å². The molecule has 0 aliphatic carbocycles. The normalized spacial score (nSPS) is 11.3. The smallest absolute Gasteiger partial charge is 0.261 e. The molecule has 0 spiro atoms. The quantitative estimate of drug-likeness (QED) is 0.342. The van der Waals surface area contributed by atoms with E-state index in [9.17, 15) is 8.42 Å². The number of hydrogen-bond acceptors (Lipinski definition) is 4. The van der Waals surface area contributed by atoms with E-state index in [2.05, 4.69) is 27.5 Å². The first-order valence-electron chi connectivity index (χ1n) is 11.1. The Bertz CT molecular complexity index is 1620. The number of hydrogen-bond donors (Lipinski definition) is 1. The van der Waals surface area contributed by atoms with Gasteiger partial charge in [-0.25, -0.2) is 13.4 Å². The second kappa shape index (κ2) is 9.45. The summed E-state index contributed by atoms with van der Waals surface area (Å²) in [5, 5.41) is 9.09. The third-order valence-electron chi connectivity index (χ3n) is 5.76. The molecule has 0 bridgehead atoms. The van der Waals surface area contributed by atoms with Crippen LogP contribution >= 0.6 is 0 Å². The number of benzene rings is 4. The zero-order valence-electron chi connectivity index (χ0n) is 18.8. The lowest BCUT2D eigenvalue weighted by molar-refractivity contribution is 0.601. The zero-order valence-corrected chi connectivity index (χ0v) is 19.6. The lowest BCUT2D eigenvalue weighted by Crippen LogP contribution is -2.12. The first-order chi connectivity index (χ1) is 17.0. The minimum absolute atomic E-state index is 0.205. The second-order valence-corrected chi connectivity index (χ2v) is 9.89. The van der Waals surface area contributed by atoms with Gasteiger partial charge in [0.05, 0.1) is 33.2 Å². The van der Waals surface area contributed by atoms with E-state index in [0.717, 1.165) is 22.5 Å². The Morgan fingerprint density at radius 3 is 2.20 bits per heavy atom. The van der Waals surface area contributed by atoms with Gasteiger partial charge in [-0.15, -0.1) is 0 Å². The highest BCUT2D eigenvalue weighted by atomic mass is 32.2. The van der Waals surface area contributed by atoms with Gasteiger partial charge in [0.1, 0.15) is 5.82 Å². The van der Waals surface area contributed by atoms with E-state index in [0.29, 0.717) is 29.7 Å². The summed E-state index contributed by atoms with van der Waals surface area (Å²) in [6, 6.07) is 33.5. The number of anilines is 1. The number of nitrogens with zero attached hydrogens (tertiary/aromatic N) is 3. The molecule has 0 saturated carbocycles. The Morgan fingerprint density at radius 2 is 1.51 bits per heavy atom. The summed E-state index contributed by atoms with van der Waals surface area (Å²) in [7, 11) is -3.70. The molecule has 1 heterocycles. The molecule has 0 atom stereocenters. The van der Waals surface area contributed by atoms with Crippen LogP contribution in [-0.2, 0) is 23.0 Å². The average molecular weight is 479 g/mol. The van der Waals surface area contributed by atoms with Crippen LogP contribution in [0.1, 0.15) is 22.5 Å². The SMILES string of the molecule is N#Cc1ccc(Cc2nc3cc(NS(=O)(=O)c4ccccc4)ccc3n2Cc2ccccc2)cc1. The standard InChI is InChI=1S/C28H22N4O2S/c29-19-22-13-11-21(12-14-22)17-28-30-26-18-24(31-35(33,34)25-9-5-2-6-10-25)15-16-27(26)32(28)20-23-7-3-1-4-8-23/h1-16,18,31H,17,20H2. The monoisotopic (exact) mass is 478 g/mol. The zero-order chi connectivity index (χ0) is 24.3. The van der Waals surface area contributed by atoms with Gasteiger partial charge in [0.25, 0.3) is 10.0 Å². The third kappa shape index (κ3) is 4.93. The molecule has 0 aliphatic rings. The minimum Gasteiger partial charge on any atom is -0.323 e. The van der Waals surface area contributed by atoms with Gasteiger partial charge in [0.2, 0.25) is 0 Å². The second-order valence-electron chi connectivity index (χ2n) is 8.21. The van der Waals surface area contributed by atoms with Crippen LogP contribution < -0.4 is 4.72 Å². The van der Waals surface area contributed by atoms with Crippen molar-refractivity contribution in [2.75, 3.05) is 4.72 Å². The maximum atomic E-state index is 12.8. The lowest BCUT2D eigenvalue weighted by atomic mass is 10.1. The molecule has 0 aliphatic heterocycles. The van der Waals surface area contributed by atoms with Gasteiger partial charge in [-0.05, 0) is 53.6 Å². The average Bonchev–Trinajstić information content (AvgIpc) is 3.21. The Labute approximate surface area is 204 Å². The molecule has 1 N–H and O–H groups in total. The number of nitrogens with one attached hydrogen (secondary N) is 1. The number of sulfonamides is 1. The third-order valence-corrected chi connectivity index (χ3v) is 7.16. The molecule has 1 aromatic heterocycles. The predicted octanol–water partition coefficient (Wildman–Crippen LogP) is 5.35. The molecule has 5 rings (SSSR count). The van der Waals surface area contributed by atoms with Crippen LogP contribution in [0.4, 0.5) is 5.69 Å². The Balaban J connectivity index is 1.52. The van der Waals surface area contributed by atoms with Crippen LogP contribution in [0.5, 0.6) is 0 Å². The number of fused-ring (bicyclic) bond motifs is 1. The Kier molecular flexibility index (Phi) is 6.04. The van der Waals surface area contributed by atoms with Gasteiger partial charge in [0, 0.05) is 13.0 Å². The minimum atomic E-state index is -3.70. The Morgan fingerprint density at radius 1 is 0.829 bits per heavy atom. The maximum Gasteiger partial charge on any atom is 0.261 e. The molecule has 0 amide bonds. The fraction of sp³-hybridized carbons (Fsp3) is 0.0714. The summed E-state index contributed by atoms with van der Waals surface area (Å²) in [5.74, 6) is 0.858. The van der Waals surface area contributed by atoms with Crippen LogP contribution in [0, 0.1) is 11.3 Å². The van der Waals surface area contributed by atoms with E-state index in [4.69, 9.17) is 10.2 Å². The summed E-state index contributed by atoms with van der Waals surface area (Å²) < 4.78 is 30.4. The van der Waals surface area contributed by atoms with E-state index >= 15 is 0 Å². The highest BCUT2D eigenvalue weighted by Crippen LogP contribution is 2.25. The van der Waals surface area contributed by atoms with E-state index in [1.165, 1.54) is 0 Å². The van der Waals surface area contributed by atoms with E-state index in [1.54, 1.807) is 54.6 Å². The molecule has 4 aromatic carbocycles. The maximum absolute atomic E-state index is 12.8. The predicted molar refractivity (Wildman–Crippen MR) is 136 cm³/mol. The van der Waals surface area contributed by atoms with Crippen LogP contribution in [0.15, 0.2) is 108 Å². The first-order valence-corrected chi connectivity index (χ1v) is 12.6. The van der Waals surface area contributed by atoms with Gasteiger partial charge in [-0.1, -0.05) is 60.7 Å². The van der Waals surface area contributed by atoms with E-state index in [1.807, 2.05) is 36.4 Å². The van der Waals surface area contributed by atoms with Crippen molar-refractivity contribution in [3.8, 4) is 6.07 Å². The summed E-state index contributed by atoms with van der Waals surface area (Å²) in [6.45, 7) is 0.637. The first kappa shape index (κ1) is 22.4. The molecule has 35 heavy (non-hydrogen) atoms. The van der Waals surface area contributed by atoms with Crippen molar-refractivity contribution < 1.29 is 8.42 Å². The van der Waals surface area contributed by atoms with Crippen molar-refractivity contribution in [2.24, 2.45) is 0 Å². The molecule has 6 nitrogen and oxygen atoms in total. The summed E-state index contributed by atoms with van der Waals surface area (Å²) in [5.41, 5.74) is 4.87. The summed E-state index contributed by atoms with van der Waals surface area (Å²) in [6.07, 6.45) is 0.582. The molecule has 0 saturated heterocycles. The molecule has 7 heteroatoms. The van der Waals surface area contributed by atoms with E-state index in [-0.39, 0.29) is 4.90 Å². The molecular formula is C28H22N4O2S. The largest absolute Gasteiger partial charge is 0.323 e. The highest BCUT2D eigenvalue weighted by Gasteiger charge is 2.16. The van der Waals surface area contributed by atoms with Gasteiger partial charge < -0.3 is 4.57 Å². The van der Waals surface area contributed by atoms with Crippen molar-refractivity contribution >= 4 is 26.7 Å². The topological polar surface area (TPSA) is 87.8 Å². The van der Waals surface area contributed by atoms with Crippen molar-refractivity contribution in [1.29, 1.82) is 5.26 Å².